The first kappa shape index (κ1) is 22.1. The fourth-order valence-corrected chi connectivity index (χ4v) is 4.11. The number of ether oxygens (including phenoxy) is 2. The summed E-state index contributed by atoms with van der Waals surface area (Å²) < 4.78 is 10.8. The van der Waals surface area contributed by atoms with E-state index in [1.807, 2.05) is 39.0 Å². The second-order valence-corrected chi connectivity index (χ2v) is 9.03. The van der Waals surface area contributed by atoms with E-state index < -0.39 is 5.60 Å². The number of pyridine rings is 1. The molecule has 1 saturated heterocycles. The van der Waals surface area contributed by atoms with Crippen LogP contribution in [0.1, 0.15) is 45.6 Å². The van der Waals surface area contributed by atoms with E-state index in [0.717, 1.165) is 48.6 Å². The van der Waals surface area contributed by atoms with Crippen molar-refractivity contribution in [3.05, 3.63) is 36.0 Å². The van der Waals surface area contributed by atoms with Crippen molar-refractivity contribution < 1.29 is 19.1 Å². The number of benzene rings is 1. The van der Waals surface area contributed by atoms with E-state index in [9.17, 15) is 9.59 Å². The van der Waals surface area contributed by atoms with Crippen molar-refractivity contribution in [2.75, 3.05) is 20.2 Å². The number of nitrogens with zero attached hydrogens (tertiary/aromatic N) is 2. The Morgan fingerprint density at radius 2 is 2.13 bits per heavy atom. The van der Waals surface area contributed by atoms with Crippen molar-refractivity contribution in [3.8, 4) is 5.75 Å². The Labute approximate surface area is 178 Å². The molecule has 0 radical (unpaired) electrons. The summed E-state index contributed by atoms with van der Waals surface area (Å²) in [6, 6.07) is 8.20. The van der Waals surface area contributed by atoms with Gasteiger partial charge in [0.1, 0.15) is 17.6 Å². The van der Waals surface area contributed by atoms with Crippen molar-refractivity contribution in [2.24, 2.45) is 11.8 Å². The number of amides is 1. The second kappa shape index (κ2) is 9.45. The van der Waals surface area contributed by atoms with Gasteiger partial charge in [0.2, 0.25) is 0 Å². The zero-order chi connectivity index (χ0) is 21.7. The third kappa shape index (κ3) is 5.49. The highest BCUT2D eigenvalue weighted by atomic mass is 16.6. The van der Waals surface area contributed by atoms with Crippen LogP contribution < -0.4 is 4.74 Å². The van der Waals surface area contributed by atoms with Gasteiger partial charge in [0.15, 0.2) is 0 Å². The van der Waals surface area contributed by atoms with Crippen LogP contribution in [0.15, 0.2) is 30.5 Å². The van der Waals surface area contributed by atoms with Crippen LogP contribution in [0.5, 0.6) is 5.75 Å². The molecule has 0 saturated carbocycles. The third-order valence-electron chi connectivity index (χ3n) is 5.68. The molecule has 0 bridgehead atoms. The quantitative estimate of drug-likeness (QED) is 0.647. The van der Waals surface area contributed by atoms with E-state index in [2.05, 4.69) is 11.1 Å². The Kier molecular flexibility index (Phi) is 6.95. The van der Waals surface area contributed by atoms with Crippen LogP contribution >= 0.6 is 0 Å². The van der Waals surface area contributed by atoms with Gasteiger partial charge in [-0.1, -0.05) is 12.1 Å². The minimum atomic E-state index is -0.527. The normalized spacial score (nSPS) is 19.5. The molecule has 1 amide bonds. The molecule has 30 heavy (non-hydrogen) atoms. The van der Waals surface area contributed by atoms with Crippen LogP contribution in [0.4, 0.5) is 4.79 Å². The number of carbonyl (C=O) groups is 2. The van der Waals surface area contributed by atoms with Crippen molar-refractivity contribution >= 4 is 23.3 Å². The maximum Gasteiger partial charge on any atom is 0.410 e. The molecular weight excluding hydrogens is 380 g/mol. The molecule has 6 heteroatoms. The maximum atomic E-state index is 12.3. The van der Waals surface area contributed by atoms with Crippen molar-refractivity contribution in [1.82, 2.24) is 9.88 Å². The van der Waals surface area contributed by atoms with E-state index >= 15 is 0 Å². The molecule has 2 aromatic rings. The molecule has 1 aliphatic heterocycles. The molecular formula is C24H32N2O4. The summed E-state index contributed by atoms with van der Waals surface area (Å²) >= 11 is 0. The SMILES string of the molecule is COc1cnc2cccc(CCC[C@@H]3CCN(C(=O)OC(C)(C)C)C[C@@H]3C=O)c2c1. The standard InChI is InChI=1S/C24H32N2O4/c1-24(2,3)30-23(28)26-12-11-17(19(15-26)16-27)7-5-8-18-9-6-10-22-21(18)13-20(29-4)14-25-22/h6,9-10,13-14,16-17,19H,5,7-8,11-12,15H2,1-4H3/t17-,19-/m1/s1. The third-order valence-corrected chi connectivity index (χ3v) is 5.68. The number of hydrogen-bond donors (Lipinski definition) is 0. The Balaban J connectivity index is 1.58. The highest BCUT2D eigenvalue weighted by Gasteiger charge is 2.33. The van der Waals surface area contributed by atoms with Gasteiger partial charge in [0, 0.05) is 24.4 Å². The summed E-state index contributed by atoms with van der Waals surface area (Å²) in [5, 5.41) is 1.11. The number of hydrogen-bond acceptors (Lipinski definition) is 5. The molecule has 0 aliphatic carbocycles. The number of methoxy groups -OCH3 is 1. The van der Waals surface area contributed by atoms with Crippen LogP contribution in [0, 0.1) is 11.8 Å². The number of piperidine rings is 1. The molecule has 162 valence electrons. The smallest absolute Gasteiger partial charge is 0.410 e. The van der Waals surface area contributed by atoms with Gasteiger partial charge in [-0.25, -0.2) is 4.79 Å². The zero-order valence-electron chi connectivity index (χ0n) is 18.4. The van der Waals surface area contributed by atoms with E-state index in [0.29, 0.717) is 19.0 Å². The van der Waals surface area contributed by atoms with Gasteiger partial charge in [0.25, 0.3) is 0 Å². The molecule has 0 unspecified atom stereocenters. The highest BCUT2D eigenvalue weighted by Crippen LogP contribution is 2.29. The van der Waals surface area contributed by atoms with Gasteiger partial charge < -0.3 is 19.2 Å². The largest absolute Gasteiger partial charge is 0.495 e. The summed E-state index contributed by atoms with van der Waals surface area (Å²) in [5.74, 6) is 0.912. The predicted molar refractivity (Wildman–Crippen MR) is 117 cm³/mol. The summed E-state index contributed by atoms with van der Waals surface area (Å²) in [5.41, 5.74) is 1.68. The van der Waals surface area contributed by atoms with E-state index in [1.54, 1.807) is 18.2 Å². The van der Waals surface area contributed by atoms with Gasteiger partial charge in [-0.15, -0.1) is 0 Å². The highest BCUT2D eigenvalue weighted by molar-refractivity contribution is 5.83. The summed E-state index contributed by atoms with van der Waals surface area (Å²) in [7, 11) is 1.65. The molecule has 0 spiro atoms. The number of aromatic nitrogens is 1. The van der Waals surface area contributed by atoms with Crippen LogP contribution in [-0.2, 0) is 16.0 Å². The molecule has 0 N–H and O–H groups in total. The van der Waals surface area contributed by atoms with Gasteiger partial charge in [-0.05, 0) is 70.1 Å². The first-order chi connectivity index (χ1) is 14.3. The summed E-state index contributed by atoms with van der Waals surface area (Å²) in [6.45, 7) is 6.64. The average Bonchev–Trinajstić information content (AvgIpc) is 2.72. The lowest BCUT2D eigenvalue weighted by Gasteiger charge is -2.37. The van der Waals surface area contributed by atoms with Gasteiger partial charge in [0.05, 0.1) is 18.8 Å². The molecule has 1 aromatic carbocycles. The predicted octanol–water partition coefficient (Wildman–Crippen LogP) is 4.64. The molecule has 1 fully saturated rings. The molecule has 6 nitrogen and oxygen atoms in total. The molecule has 2 atom stereocenters. The monoisotopic (exact) mass is 412 g/mol. The van der Waals surface area contributed by atoms with Gasteiger partial charge in [-0.2, -0.15) is 0 Å². The van der Waals surface area contributed by atoms with E-state index in [-0.39, 0.29) is 12.0 Å². The lowest BCUT2D eigenvalue weighted by Crippen LogP contribution is -2.46. The number of carbonyl (C=O) groups excluding carboxylic acids is 2. The lowest BCUT2D eigenvalue weighted by molar-refractivity contribution is -0.114. The number of aryl methyl sites for hydroxylation is 1. The number of aldehydes is 1. The molecule has 2 heterocycles. The van der Waals surface area contributed by atoms with Crippen molar-refractivity contribution in [2.45, 2.75) is 52.1 Å². The van der Waals surface area contributed by atoms with Crippen LogP contribution in [0.3, 0.4) is 0 Å². The Hall–Kier alpha value is -2.63. The van der Waals surface area contributed by atoms with Crippen LogP contribution in [0.25, 0.3) is 10.9 Å². The van der Waals surface area contributed by atoms with Gasteiger partial charge in [-0.3, -0.25) is 4.98 Å². The maximum absolute atomic E-state index is 12.3. The fourth-order valence-electron chi connectivity index (χ4n) is 4.11. The van der Waals surface area contributed by atoms with E-state index in [4.69, 9.17) is 9.47 Å². The minimum absolute atomic E-state index is 0.138. The first-order valence-corrected chi connectivity index (χ1v) is 10.7. The first-order valence-electron chi connectivity index (χ1n) is 10.7. The van der Waals surface area contributed by atoms with Crippen molar-refractivity contribution in [1.29, 1.82) is 0 Å². The Morgan fingerprint density at radius 3 is 2.83 bits per heavy atom. The van der Waals surface area contributed by atoms with Gasteiger partial charge >= 0.3 is 6.09 Å². The number of fused-ring (bicyclic) bond motifs is 1. The van der Waals surface area contributed by atoms with Crippen LogP contribution in [0.2, 0.25) is 0 Å². The minimum Gasteiger partial charge on any atom is -0.495 e. The second-order valence-electron chi connectivity index (χ2n) is 9.03. The van der Waals surface area contributed by atoms with Crippen molar-refractivity contribution in [3.63, 3.8) is 0 Å². The number of likely N-dealkylation sites (tertiary alicyclic amines) is 1. The average molecular weight is 413 g/mol. The fraction of sp³-hybridized carbons (Fsp3) is 0.542. The summed E-state index contributed by atoms with van der Waals surface area (Å²) in [4.78, 5) is 30.2. The molecule has 1 aromatic heterocycles. The zero-order valence-corrected chi connectivity index (χ0v) is 18.4. The summed E-state index contributed by atoms with van der Waals surface area (Å²) in [6.07, 6.45) is 6.10. The Bertz CT molecular complexity index is 890. The topological polar surface area (TPSA) is 68.7 Å². The Morgan fingerprint density at radius 1 is 1.33 bits per heavy atom. The molecule has 3 rings (SSSR count). The van der Waals surface area contributed by atoms with E-state index in [1.165, 1.54) is 5.56 Å². The number of rotatable bonds is 6. The van der Waals surface area contributed by atoms with Crippen LogP contribution in [-0.4, -0.2) is 48.1 Å². The lowest BCUT2D eigenvalue weighted by atomic mass is 9.82. The molecule has 1 aliphatic rings.